The molecule has 0 bridgehead atoms. The Morgan fingerprint density at radius 2 is 1.85 bits per heavy atom. The van der Waals surface area contributed by atoms with Crippen molar-refractivity contribution in [1.82, 2.24) is 5.32 Å². The van der Waals surface area contributed by atoms with E-state index in [1.54, 1.807) is 0 Å². The van der Waals surface area contributed by atoms with Gasteiger partial charge >= 0.3 is 0 Å². The number of amides is 1. The van der Waals surface area contributed by atoms with Crippen LogP contribution >= 0.6 is 0 Å². The molecule has 0 unspecified atom stereocenters. The molecule has 0 spiro atoms. The molecule has 2 aromatic carbocycles. The Labute approximate surface area is 160 Å². The molecular formula is C20H25FN2O3S. The lowest BCUT2D eigenvalue weighted by Crippen LogP contribution is -2.41. The zero-order valence-electron chi connectivity index (χ0n) is 16.0. The summed E-state index contributed by atoms with van der Waals surface area (Å²) in [7, 11) is -3.74. The van der Waals surface area contributed by atoms with Gasteiger partial charge in [-0.15, -0.1) is 0 Å². The molecule has 27 heavy (non-hydrogen) atoms. The summed E-state index contributed by atoms with van der Waals surface area (Å²) >= 11 is 0. The minimum Gasteiger partial charge on any atom is -0.348 e. The molecule has 7 heteroatoms. The first-order chi connectivity index (χ1) is 12.6. The van der Waals surface area contributed by atoms with Gasteiger partial charge in [0.15, 0.2) is 0 Å². The van der Waals surface area contributed by atoms with Gasteiger partial charge in [-0.2, -0.15) is 0 Å². The van der Waals surface area contributed by atoms with Crippen molar-refractivity contribution in [2.45, 2.75) is 33.2 Å². The van der Waals surface area contributed by atoms with E-state index in [1.165, 1.54) is 18.2 Å². The molecule has 0 fully saturated rings. The zero-order valence-corrected chi connectivity index (χ0v) is 16.8. The first-order valence-corrected chi connectivity index (χ1v) is 10.6. The van der Waals surface area contributed by atoms with Gasteiger partial charge in [0.2, 0.25) is 15.9 Å². The molecule has 0 radical (unpaired) electrons. The van der Waals surface area contributed by atoms with Crippen LogP contribution in [0.4, 0.5) is 10.1 Å². The van der Waals surface area contributed by atoms with E-state index >= 15 is 0 Å². The van der Waals surface area contributed by atoms with Crippen LogP contribution in [-0.2, 0) is 14.8 Å². The number of anilines is 1. The standard InChI is InChI=1S/C20H25FN2O3S/c1-5-19(16-10-9-14(2)15(3)11-16)22-20(24)13-23(27(4,25)26)18-8-6-7-17(21)12-18/h6-12,19H,5,13H2,1-4H3,(H,22,24)/t19-/m0/s1. The van der Waals surface area contributed by atoms with Crippen molar-refractivity contribution in [1.29, 1.82) is 0 Å². The normalized spacial score (nSPS) is 12.5. The highest BCUT2D eigenvalue weighted by Gasteiger charge is 2.23. The lowest BCUT2D eigenvalue weighted by atomic mass is 9.99. The van der Waals surface area contributed by atoms with E-state index in [4.69, 9.17) is 0 Å². The quantitative estimate of drug-likeness (QED) is 0.785. The predicted octanol–water partition coefficient (Wildman–Crippen LogP) is 3.48. The highest BCUT2D eigenvalue weighted by Crippen LogP contribution is 2.21. The number of halogens is 1. The van der Waals surface area contributed by atoms with Crippen molar-refractivity contribution in [2.24, 2.45) is 0 Å². The molecule has 0 aliphatic rings. The van der Waals surface area contributed by atoms with Gasteiger partial charge in [-0.3, -0.25) is 9.10 Å². The summed E-state index contributed by atoms with van der Waals surface area (Å²) in [5, 5.41) is 2.88. The number of benzene rings is 2. The number of nitrogens with one attached hydrogen (secondary N) is 1. The molecule has 1 N–H and O–H groups in total. The van der Waals surface area contributed by atoms with Crippen molar-refractivity contribution >= 4 is 21.6 Å². The Morgan fingerprint density at radius 1 is 1.15 bits per heavy atom. The van der Waals surface area contributed by atoms with Crippen LogP contribution in [0.3, 0.4) is 0 Å². The number of carbonyl (C=O) groups is 1. The minimum absolute atomic E-state index is 0.117. The van der Waals surface area contributed by atoms with Crippen LogP contribution in [-0.4, -0.2) is 27.1 Å². The van der Waals surface area contributed by atoms with Crippen molar-refractivity contribution in [3.8, 4) is 0 Å². The van der Waals surface area contributed by atoms with Crippen molar-refractivity contribution < 1.29 is 17.6 Å². The molecule has 2 aromatic rings. The lowest BCUT2D eigenvalue weighted by molar-refractivity contribution is -0.120. The van der Waals surface area contributed by atoms with E-state index < -0.39 is 28.3 Å². The SMILES string of the molecule is CC[C@H](NC(=O)CN(c1cccc(F)c1)S(C)(=O)=O)c1ccc(C)c(C)c1. The largest absolute Gasteiger partial charge is 0.348 e. The minimum atomic E-state index is -3.74. The third-order valence-corrected chi connectivity index (χ3v) is 5.60. The number of carbonyl (C=O) groups excluding carboxylic acids is 1. The molecule has 0 aromatic heterocycles. The molecule has 1 amide bonds. The van der Waals surface area contributed by atoms with Crippen LogP contribution < -0.4 is 9.62 Å². The third kappa shape index (κ3) is 5.53. The fourth-order valence-corrected chi connectivity index (χ4v) is 3.65. The van der Waals surface area contributed by atoms with Crippen LogP contribution in [0.5, 0.6) is 0 Å². The monoisotopic (exact) mass is 392 g/mol. The Kier molecular flexibility index (Phi) is 6.59. The first kappa shape index (κ1) is 20.9. The van der Waals surface area contributed by atoms with Crippen molar-refractivity contribution in [2.75, 3.05) is 17.1 Å². The van der Waals surface area contributed by atoms with Crippen LogP contribution in [0, 0.1) is 19.7 Å². The Hall–Kier alpha value is -2.41. The van der Waals surface area contributed by atoms with Crippen LogP contribution in [0.1, 0.15) is 36.1 Å². The summed E-state index contributed by atoms with van der Waals surface area (Å²) in [5.74, 6) is -1.02. The summed E-state index contributed by atoms with van der Waals surface area (Å²) in [6.07, 6.45) is 1.65. The van der Waals surface area contributed by atoms with E-state index in [0.29, 0.717) is 6.42 Å². The average molecular weight is 392 g/mol. The number of aryl methyl sites for hydroxylation is 2. The van der Waals surface area contributed by atoms with E-state index in [9.17, 15) is 17.6 Å². The fourth-order valence-electron chi connectivity index (χ4n) is 2.80. The van der Waals surface area contributed by atoms with Crippen LogP contribution in [0.2, 0.25) is 0 Å². The molecule has 5 nitrogen and oxygen atoms in total. The summed E-state index contributed by atoms with van der Waals surface area (Å²) in [6.45, 7) is 5.55. The van der Waals surface area contributed by atoms with Gasteiger partial charge in [-0.25, -0.2) is 12.8 Å². The highest BCUT2D eigenvalue weighted by molar-refractivity contribution is 7.92. The summed E-state index contributed by atoms with van der Waals surface area (Å²) in [6, 6.07) is 10.9. The molecule has 0 heterocycles. The molecular weight excluding hydrogens is 367 g/mol. The molecule has 0 aliphatic heterocycles. The maximum atomic E-state index is 13.5. The van der Waals surface area contributed by atoms with Gasteiger partial charge in [0.05, 0.1) is 18.0 Å². The van der Waals surface area contributed by atoms with Gasteiger partial charge in [0.25, 0.3) is 0 Å². The van der Waals surface area contributed by atoms with Crippen molar-refractivity contribution in [3.63, 3.8) is 0 Å². The van der Waals surface area contributed by atoms with Crippen molar-refractivity contribution in [3.05, 3.63) is 65.0 Å². The van der Waals surface area contributed by atoms with E-state index in [1.807, 2.05) is 39.0 Å². The Bertz CT molecular complexity index is 929. The molecule has 0 saturated carbocycles. The van der Waals surface area contributed by atoms with E-state index in [0.717, 1.165) is 33.3 Å². The van der Waals surface area contributed by atoms with Gasteiger partial charge in [-0.1, -0.05) is 31.2 Å². The highest BCUT2D eigenvalue weighted by atomic mass is 32.2. The van der Waals surface area contributed by atoms with Gasteiger partial charge < -0.3 is 5.32 Å². The van der Waals surface area contributed by atoms with Gasteiger partial charge in [0.1, 0.15) is 12.4 Å². The average Bonchev–Trinajstić information content (AvgIpc) is 2.59. The summed E-state index contributed by atoms with van der Waals surface area (Å²) < 4.78 is 38.6. The smallest absolute Gasteiger partial charge is 0.241 e. The second kappa shape index (κ2) is 8.52. The van der Waals surface area contributed by atoms with Gasteiger partial charge in [-0.05, 0) is 55.2 Å². The number of nitrogens with zero attached hydrogens (tertiary/aromatic N) is 1. The lowest BCUT2D eigenvalue weighted by Gasteiger charge is -2.24. The maximum absolute atomic E-state index is 13.5. The number of hydrogen-bond donors (Lipinski definition) is 1. The van der Waals surface area contributed by atoms with Gasteiger partial charge in [0, 0.05) is 0 Å². The topological polar surface area (TPSA) is 66.5 Å². The van der Waals surface area contributed by atoms with Crippen LogP contribution in [0.15, 0.2) is 42.5 Å². The molecule has 1 atom stereocenters. The summed E-state index contributed by atoms with van der Waals surface area (Å²) in [4.78, 5) is 12.5. The van der Waals surface area contributed by atoms with E-state index in [2.05, 4.69) is 5.32 Å². The van der Waals surface area contributed by atoms with E-state index in [-0.39, 0.29) is 11.7 Å². The summed E-state index contributed by atoms with van der Waals surface area (Å²) in [5.41, 5.74) is 3.37. The second-order valence-electron chi connectivity index (χ2n) is 6.62. The Balaban J connectivity index is 2.20. The molecule has 0 saturated heterocycles. The predicted molar refractivity (Wildman–Crippen MR) is 106 cm³/mol. The zero-order chi connectivity index (χ0) is 20.2. The third-order valence-electron chi connectivity index (χ3n) is 4.46. The molecule has 146 valence electrons. The first-order valence-electron chi connectivity index (χ1n) is 8.71. The molecule has 2 rings (SSSR count). The second-order valence-corrected chi connectivity index (χ2v) is 8.53. The Morgan fingerprint density at radius 3 is 2.41 bits per heavy atom. The maximum Gasteiger partial charge on any atom is 0.241 e. The fraction of sp³-hybridized carbons (Fsp3) is 0.350. The number of rotatable bonds is 7. The number of sulfonamides is 1. The number of hydrogen-bond acceptors (Lipinski definition) is 3. The van der Waals surface area contributed by atoms with Crippen LogP contribution in [0.25, 0.3) is 0 Å². The molecule has 0 aliphatic carbocycles.